The topological polar surface area (TPSA) is 192 Å². The third-order valence-electron chi connectivity index (χ3n) is 7.13. The van der Waals surface area contributed by atoms with Crippen molar-refractivity contribution in [3.8, 4) is 11.6 Å². The van der Waals surface area contributed by atoms with Crippen molar-refractivity contribution in [3.05, 3.63) is 42.5 Å². The van der Waals surface area contributed by atoms with Crippen LogP contribution in [0.1, 0.15) is 34.6 Å². The molecule has 0 spiro atoms. The normalized spacial score (nSPS) is 23.4. The standard InChI is InChI=1S/C30H43N6O8PS/c1-17(26(38)41-16-29(2,3)4)36-45(46,44-20-14-10-12-18-11-8-9-13-19(18)20)42-15-21-23(37)30(5,39)27(43-21)33-24-22(32-6)25(40-7)35-28(31)34-24/h8-14,17,21,23,27,32,37,39H,15-16H2,1-7H3,(H,36,46)(H3,31,33,34,35). The van der Waals surface area contributed by atoms with E-state index in [0.29, 0.717) is 11.4 Å². The molecule has 0 radical (unpaired) electrons. The summed E-state index contributed by atoms with van der Waals surface area (Å²) in [4.78, 5) is 21.1. The molecule has 252 valence electrons. The van der Waals surface area contributed by atoms with Crippen LogP contribution >= 0.6 is 6.64 Å². The van der Waals surface area contributed by atoms with E-state index in [0.717, 1.165) is 10.8 Å². The molecule has 1 aliphatic rings. The van der Waals surface area contributed by atoms with Crippen molar-refractivity contribution < 1.29 is 38.3 Å². The van der Waals surface area contributed by atoms with Crippen molar-refractivity contribution in [2.24, 2.45) is 5.41 Å². The Hall–Kier alpha value is -3.30. The molecule has 0 aliphatic carbocycles. The predicted molar refractivity (Wildman–Crippen MR) is 179 cm³/mol. The minimum Gasteiger partial charge on any atom is -0.479 e. The highest BCUT2D eigenvalue weighted by Crippen LogP contribution is 2.48. The highest BCUT2D eigenvalue weighted by Gasteiger charge is 2.53. The maximum atomic E-state index is 12.9. The van der Waals surface area contributed by atoms with Crippen LogP contribution in [-0.2, 0) is 30.6 Å². The fourth-order valence-corrected chi connectivity index (χ4v) is 7.07. The molecule has 4 rings (SSSR count). The number of nitrogens with two attached hydrogens (primary N) is 1. The Bertz CT molecular complexity index is 1580. The number of nitrogens with one attached hydrogen (secondary N) is 3. The molecular formula is C30H43N6O8PS. The number of hydrogen-bond acceptors (Lipinski definition) is 14. The molecule has 1 aromatic heterocycles. The summed E-state index contributed by atoms with van der Waals surface area (Å²) in [6, 6.07) is 12.2. The molecule has 3 aromatic rings. The van der Waals surface area contributed by atoms with Gasteiger partial charge in [-0.1, -0.05) is 57.2 Å². The predicted octanol–water partition coefficient (Wildman–Crippen LogP) is 3.40. The molecule has 6 atom stereocenters. The van der Waals surface area contributed by atoms with Crippen molar-refractivity contribution in [1.29, 1.82) is 0 Å². The van der Waals surface area contributed by atoms with Crippen molar-refractivity contribution in [1.82, 2.24) is 15.1 Å². The lowest BCUT2D eigenvalue weighted by Crippen LogP contribution is -2.49. The number of carbonyl (C=O) groups is 1. The zero-order chi connectivity index (χ0) is 33.9. The van der Waals surface area contributed by atoms with Crippen LogP contribution in [0.25, 0.3) is 10.8 Å². The van der Waals surface area contributed by atoms with Crippen molar-refractivity contribution >= 4 is 52.6 Å². The van der Waals surface area contributed by atoms with Gasteiger partial charge in [0.1, 0.15) is 35.3 Å². The lowest BCUT2D eigenvalue weighted by molar-refractivity contribution is -0.148. The van der Waals surface area contributed by atoms with Crippen molar-refractivity contribution in [2.45, 2.75) is 64.7 Å². The molecule has 16 heteroatoms. The Kier molecular flexibility index (Phi) is 11.0. The van der Waals surface area contributed by atoms with Gasteiger partial charge >= 0.3 is 12.6 Å². The van der Waals surface area contributed by atoms with Gasteiger partial charge in [0, 0.05) is 12.4 Å². The average molecular weight is 679 g/mol. The number of hydrogen-bond donors (Lipinski definition) is 6. The summed E-state index contributed by atoms with van der Waals surface area (Å²) in [5.74, 6) is 0.184. The van der Waals surface area contributed by atoms with E-state index >= 15 is 0 Å². The minimum absolute atomic E-state index is 0.0797. The van der Waals surface area contributed by atoms with Gasteiger partial charge in [-0.15, -0.1) is 0 Å². The van der Waals surface area contributed by atoms with E-state index < -0.39 is 42.7 Å². The van der Waals surface area contributed by atoms with E-state index in [-0.39, 0.29) is 36.3 Å². The Morgan fingerprint density at radius 2 is 1.91 bits per heavy atom. The number of esters is 1. The van der Waals surface area contributed by atoms with Gasteiger partial charge in [-0.3, -0.25) is 4.79 Å². The van der Waals surface area contributed by atoms with Crippen LogP contribution in [0.4, 0.5) is 17.5 Å². The first-order valence-corrected chi connectivity index (χ1v) is 17.3. The van der Waals surface area contributed by atoms with Crippen LogP contribution in [-0.4, -0.2) is 83.6 Å². The van der Waals surface area contributed by atoms with Crippen LogP contribution in [0.5, 0.6) is 11.6 Å². The van der Waals surface area contributed by atoms with Crippen LogP contribution in [0, 0.1) is 5.41 Å². The smallest absolute Gasteiger partial charge is 0.323 e. The van der Waals surface area contributed by atoms with E-state index in [1.54, 1.807) is 20.0 Å². The van der Waals surface area contributed by atoms with Gasteiger partial charge in [0.05, 0.1) is 20.3 Å². The third-order valence-corrected chi connectivity index (χ3v) is 9.61. The number of ether oxygens (including phenoxy) is 3. The first kappa shape index (κ1) is 35.6. The maximum absolute atomic E-state index is 12.9. The summed E-state index contributed by atoms with van der Waals surface area (Å²) >= 11 is 5.92. The molecule has 46 heavy (non-hydrogen) atoms. The van der Waals surface area contributed by atoms with E-state index in [9.17, 15) is 15.0 Å². The first-order chi connectivity index (χ1) is 21.6. The molecule has 0 saturated carbocycles. The number of benzene rings is 2. The second-order valence-electron chi connectivity index (χ2n) is 12.3. The summed E-state index contributed by atoms with van der Waals surface area (Å²) < 4.78 is 29.3. The van der Waals surface area contributed by atoms with Crippen LogP contribution in [0.2, 0.25) is 0 Å². The van der Waals surface area contributed by atoms with Gasteiger partial charge in [0.25, 0.3) is 0 Å². The van der Waals surface area contributed by atoms with Crippen LogP contribution < -0.4 is 30.7 Å². The fourth-order valence-electron chi connectivity index (χ4n) is 4.66. The van der Waals surface area contributed by atoms with Gasteiger partial charge in [-0.05, 0) is 42.5 Å². The van der Waals surface area contributed by atoms with Gasteiger partial charge < -0.3 is 49.8 Å². The number of aliphatic hydroxyl groups is 2. The number of aromatic nitrogens is 2. The van der Waals surface area contributed by atoms with E-state index in [1.807, 2.05) is 57.2 Å². The van der Waals surface area contributed by atoms with Crippen LogP contribution in [0.15, 0.2) is 42.5 Å². The van der Waals surface area contributed by atoms with Gasteiger partial charge in [-0.25, -0.2) is 5.09 Å². The number of fused-ring (bicyclic) bond motifs is 1. The zero-order valence-corrected chi connectivity index (χ0v) is 28.6. The quantitative estimate of drug-likeness (QED) is 0.114. The zero-order valence-electron chi connectivity index (χ0n) is 26.9. The Morgan fingerprint density at radius 1 is 1.22 bits per heavy atom. The Labute approximate surface area is 273 Å². The molecule has 6 unspecified atom stereocenters. The SMILES string of the molecule is CNc1c(NC2OC(COP(=S)(NC(C)C(=O)OCC(C)(C)C)Oc3cccc4ccccc34)C(O)C2(C)O)nc(N)nc1OC. The summed E-state index contributed by atoms with van der Waals surface area (Å²) in [6.07, 6.45) is -3.67. The largest absolute Gasteiger partial charge is 0.479 e. The number of nitrogen functional groups attached to an aromatic ring is 1. The Morgan fingerprint density at radius 3 is 2.59 bits per heavy atom. The second kappa shape index (κ2) is 14.2. The van der Waals surface area contributed by atoms with Gasteiger partial charge in [-0.2, -0.15) is 9.97 Å². The second-order valence-corrected chi connectivity index (χ2v) is 15.5. The van der Waals surface area contributed by atoms with E-state index in [1.165, 1.54) is 14.0 Å². The molecule has 0 bridgehead atoms. The number of anilines is 3. The molecule has 14 nitrogen and oxygen atoms in total. The van der Waals surface area contributed by atoms with Crippen molar-refractivity contribution in [2.75, 3.05) is 43.7 Å². The molecule has 1 fully saturated rings. The lowest BCUT2D eigenvalue weighted by atomic mass is 9.97. The first-order valence-electron chi connectivity index (χ1n) is 14.6. The minimum atomic E-state index is -3.53. The number of aliphatic hydroxyl groups excluding tert-OH is 1. The highest BCUT2D eigenvalue weighted by atomic mass is 32.5. The Balaban J connectivity index is 1.56. The highest BCUT2D eigenvalue weighted by molar-refractivity contribution is 8.09. The summed E-state index contributed by atoms with van der Waals surface area (Å²) in [7, 11) is 3.06. The number of nitrogens with zero attached hydrogens (tertiary/aromatic N) is 2. The number of rotatable bonds is 13. The average Bonchev–Trinajstić information content (AvgIpc) is 3.21. The van der Waals surface area contributed by atoms with Crippen LogP contribution in [0.3, 0.4) is 0 Å². The molecule has 7 N–H and O–H groups in total. The van der Waals surface area contributed by atoms with Crippen molar-refractivity contribution in [3.63, 3.8) is 0 Å². The molecule has 1 aliphatic heterocycles. The summed E-state index contributed by atoms with van der Waals surface area (Å²) in [5, 5.41) is 33.1. The summed E-state index contributed by atoms with van der Waals surface area (Å²) in [5.41, 5.74) is 4.15. The summed E-state index contributed by atoms with van der Waals surface area (Å²) in [6.45, 7) is 5.24. The molecule has 2 aromatic carbocycles. The lowest BCUT2D eigenvalue weighted by Gasteiger charge is -2.29. The number of methoxy groups -OCH3 is 1. The molecule has 1 saturated heterocycles. The van der Waals surface area contributed by atoms with E-state index in [4.69, 9.17) is 40.8 Å². The maximum Gasteiger partial charge on any atom is 0.323 e. The van der Waals surface area contributed by atoms with E-state index in [2.05, 4.69) is 25.7 Å². The molecule has 2 heterocycles. The monoisotopic (exact) mass is 678 g/mol. The molecular weight excluding hydrogens is 635 g/mol. The third kappa shape index (κ3) is 8.34. The fraction of sp³-hybridized carbons (Fsp3) is 0.500. The number of carbonyl (C=O) groups excluding carboxylic acids is 1. The van der Waals surface area contributed by atoms with Gasteiger partial charge in [0.2, 0.25) is 11.8 Å². The van der Waals surface area contributed by atoms with Gasteiger partial charge in [0.15, 0.2) is 12.0 Å². The molecule has 0 amide bonds.